The molecule has 0 aliphatic rings. The number of hydrogen-bond donors (Lipinski definition) is 0. The standard InChI is InChI=1S/C12H12ClF3/c1-2-9(8-13)7-10-3-5-11(6-4-10)12(14,15)16/h3-7H,2,8H2,1H3. The molecule has 1 aromatic rings. The van der Waals surface area contributed by atoms with E-state index in [0.29, 0.717) is 5.88 Å². The molecule has 0 aliphatic carbocycles. The van der Waals surface area contributed by atoms with E-state index in [1.165, 1.54) is 12.1 Å². The molecular formula is C12H12ClF3. The van der Waals surface area contributed by atoms with E-state index in [-0.39, 0.29) is 0 Å². The van der Waals surface area contributed by atoms with Gasteiger partial charge in [-0.15, -0.1) is 11.6 Å². The van der Waals surface area contributed by atoms with Crippen molar-refractivity contribution in [2.24, 2.45) is 0 Å². The van der Waals surface area contributed by atoms with Gasteiger partial charge in [0.25, 0.3) is 0 Å². The first-order chi connectivity index (χ1) is 7.47. The van der Waals surface area contributed by atoms with Gasteiger partial charge in [-0.05, 0) is 24.1 Å². The van der Waals surface area contributed by atoms with Crippen molar-refractivity contribution < 1.29 is 13.2 Å². The zero-order chi connectivity index (χ0) is 12.2. The predicted octanol–water partition coefficient (Wildman–Crippen LogP) is 4.74. The van der Waals surface area contributed by atoms with Crippen molar-refractivity contribution in [3.63, 3.8) is 0 Å². The van der Waals surface area contributed by atoms with Crippen LogP contribution in [0.15, 0.2) is 29.8 Å². The van der Waals surface area contributed by atoms with Crippen molar-refractivity contribution in [1.29, 1.82) is 0 Å². The van der Waals surface area contributed by atoms with Crippen molar-refractivity contribution in [2.45, 2.75) is 19.5 Å². The van der Waals surface area contributed by atoms with Crippen LogP contribution in [-0.4, -0.2) is 5.88 Å². The molecule has 0 unspecified atom stereocenters. The summed E-state index contributed by atoms with van der Waals surface area (Å²) in [6.45, 7) is 1.96. The number of benzene rings is 1. The van der Waals surface area contributed by atoms with Gasteiger partial charge < -0.3 is 0 Å². The van der Waals surface area contributed by atoms with E-state index in [4.69, 9.17) is 11.6 Å². The highest BCUT2D eigenvalue weighted by Crippen LogP contribution is 2.29. The van der Waals surface area contributed by atoms with Crippen LogP contribution in [0, 0.1) is 0 Å². The summed E-state index contributed by atoms with van der Waals surface area (Å²) in [6, 6.07) is 5.05. The third-order valence-electron chi connectivity index (χ3n) is 2.23. The minimum Gasteiger partial charge on any atom is -0.166 e. The molecule has 0 spiro atoms. The smallest absolute Gasteiger partial charge is 0.166 e. The van der Waals surface area contributed by atoms with E-state index in [0.717, 1.165) is 29.7 Å². The quantitative estimate of drug-likeness (QED) is 0.678. The molecule has 0 heterocycles. The first-order valence-corrected chi connectivity index (χ1v) is 5.43. The van der Waals surface area contributed by atoms with Crippen LogP contribution in [0.1, 0.15) is 24.5 Å². The Hall–Kier alpha value is -0.960. The molecule has 0 bridgehead atoms. The SMILES string of the molecule is CCC(=Cc1ccc(C(F)(F)F)cc1)CCl. The maximum Gasteiger partial charge on any atom is 0.416 e. The summed E-state index contributed by atoms with van der Waals surface area (Å²) in [6.07, 6.45) is -1.67. The Kier molecular flexibility index (Phi) is 4.42. The highest BCUT2D eigenvalue weighted by Gasteiger charge is 2.29. The second kappa shape index (κ2) is 5.39. The fourth-order valence-corrected chi connectivity index (χ4v) is 1.51. The fourth-order valence-electron chi connectivity index (χ4n) is 1.24. The number of alkyl halides is 4. The number of hydrogen-bond acceptors (Lipinski definition) is 0. The average Bonchev–Trinajstić information content (AvgIpc) is 2.25. The van der Waals surface area contributed by atoms with Crippen molar-refractivity contribution in [2.75, 3.05) is 5.88 Å². The van der Waals surface area contributed by atoms with E-state index < -0.39 is 11.7 Å². The highest BCUT2D eigenvalue weighted by molar-refractivity contribution is 6.19. The van der Waals surface area contributed by atoms with Crippen LogP contribution in [0.5, 0.6) is 0 Å². The lowest BCUT2D eigenvalue weighted by atomic mass is 10.1. The molecule has 1 aromatic carbocycles. The molecule has 0 aliphatic heterocycles. The second-order valence-corrected chi connectivity index (χ2v) is 3.68. The zero-order valence-electron chi connectivity index (χ0n) is 8.81. The zero-order valence-corrected chi connectivity index (χ0v) is 9.57. The summed E-state index contributed by atoms with van der Waals surface area (Å²) in [7, 11) is 0. The molecule has 0 saturated carbocycles. The van der Waals surface area contributed by atoms with Crippen molar-refractivity contribution in [3.8, 4) is 0 Å². The molecule has 0 amide bonds. The van der Waals surface area contributed by atoms with Gasteiger partial charge in [0.05, 0.1) is 5.56 Å². The summed E-state index contributed by atoms with van der Waals surface area (Å²) >= 11 is 5.67. The van der Waals surface area contributed by atoms with E-state index in [2.05, 4.69) is 0 Å². The van der Waals surface area contributed by atoms with Crippen LogP contribution < -0.4 is 0 Å². The van der Waals surface area contributed by atoms with Gasteiger partial charge in [-0.3, -0.25) is 0 Å². The minimum absolute atomic E-state index is 0.400. The Morgan fingerprint density at radius 2 is 1.81 bits per heavy atom. The lowest BCUT2D eigenvalue weighted by Gasteiger charge is -2.06. The Morgan fingerprint density at radius 1 is 1.25 bits per heavy atom. The molecule has 0 aromatic heterocycles. The highest BCUT2D eigenvalue weighted by atomic mass is 35.5. The van der Waals surface area contributed by atoms with E-state index >= 15 is 0 Å². The maximum absolute atomic E-state index is 12.3. The van der Waals surface area contributed by atoms with Crippen molar-refractivity contribution in [1.82, 2.24) is 0 Å². The lowest BCUT2D eigenvalue weighted by Crippen LogP contribution is -2.04. The van der Waals surface area contributed by atoms with Crippen LogP contribution >= 0.6 is 11.6 Å². The van der Waals surface area contributed by atoms with E-state index in [1.54, 1.807) is 0 Å². The molecule has 0 N–H and O–H groups in total. The van der Waals surface area contributed by atoms with Gasteiger partial charge in [-0.25, -0.2) is 0 Å². The van der Waals surface area contributed by atoms with Crippen LogP contribution in [0.25, 0.3) is 6.08 Å². The van der Waals surface area contributed by atoms with E-state index in [1.807, 2.05) is 13.0 Å². The topological polar surface area (TPSA) is 0 Å². The Balaban J connectivity index is 2.91. The monoisotopic (exact) mass is 248 g/mol. The van der Waals surface area contributed by atoms with Crippen molar-refractivity contribution in [3.05, 3.63) is 41.0 Å². The predicted molar refractivity (Wildman–Crippen MR) is 60.4 cm³/mol. The Bertz CT molecular complexity index is 357. The average molecular weight is 249 g/mol. The Labute approximate surface area is 97.7 Å². The summed E-state index contributed by atoms with van der Waals surface area (Å²) in [5.41, 5.74) is 1.11. The third-order valence-corrected chi connectivity index (χ3v) is 2.58. The fraction of sp³-hybridized carbons (Fsp3) is 0.333. The number of halogens is 4. The largest absolute Gasteiger partial charge is 0.416 e. The molecule has 0 radical (unpaired) electrons. The van der Waals surface area contributed by atoms with Crippen molar-refractivity contribution >= 4 is 17.7 Å². The summed E-state index contributed by atoms with van der Waals surface area (Å²) in [5, 5.41) is 0. The van der Waals surface area contributed by atoms with Gasteiger partial charge in [-0.1, -0.05) is 30.7 Å². The molecule has 0 fully saturated rings. The first kappa shape index (κ1) is 13.1. The van der Waals surface area contributed by atoms with Gasteiger partial charge in [-0.2, -0.15) is 13.2 Å². The third kappa shape index (κ3) is 3.56. The molecule has 88 valence electrons. The normalized spacial score (nSPS) is 12.9. The second-order valence-electron chi connectivity index (χ2n) is 3.41. The molecule has 4 heteroatoms. The maximum atomic E-state index is 12.3. The molecule has 1 rings (SSSR count). The van der Waals surface area contributed by atoms with Gasteiger partial charge in [0, 0.05) is 5.88 Å². The van der Waals surface area contributed by atoms with Crippen LogP contribution in [0.2, 0.25) is 0 Å². The van der Waals surface area contributed by atoms with Crippen LogP contribution in [-0.2, 0) is 6.18 Å². The summed E-state index contributed by atoms with van der Waals surface area (Å²) in [4.78, 5) is 0. The summed E-state index contributed by atoms with van der Waals surface area (Å²) < 4.78 is 36.8. The molecule has 0 saturated heterocycles. The van der Waals surface area contributed by atoms with Crippen LogP contribution in [0.3, 0.4) is 0 Å². The number of allylic oxidation sites excluding steroid dienone is 1. The van der Waals surface area contributed by atoms with Gasteiger partial charge in [0.1, 0.15) is 0 Å². The van der Waals surface area contributed by atoms with Crippen LogP contribution in [0.4, 0.5) is 13.2 Å². The van der Waals surface area contributed by atoms with Gasteiger partial charge in [0.2, 0.25) is 0 Å². The lowest BCUT2D eigenvalue weighted by molar-refractivity contribution is -0.137. The molecule has 0 atom stereocenters. The molecular weight excluding hydrogens is 237 g/mol. The first-order valence-electron chi connectivity index (χ1n) is 4.90. The summed E-state index contributed by atoms with van der Waals surface area (Å²) in [5.74, 6) is 0.400. The van der Waals surface area contributed by atoms with Gasteiger partial charge in [0.15, 0.2) is 0 Å². The minimum atomic E-state index is -4.28. The molecule has 16 heavy (non-hydrogen) atoms. The molecule has 0 nitrogen and oxygen atoms in total. The van der Waals surface area contributed by atoms with Gasteiger partial charge >= 0.3 is 6.18 Å². The Morgan fingerprint density at radius 3 is 2.19 bits per heavy atom. The number of rotatable bonds is 3. The van der Waals surface area contributed by atoms with E-state index in [9.17, 15) is 13.2 Å².